The first-order valence-electron chi connectivity index (χ1n) is 5.82. The summed E-state index contributed by atoms with van der Waals surface area (Å²) in [5, 5.41) is 0.365. The molecule has 98 valence electrons. The maximum Gasteiger partial charge on any atom is 0.183 e. The summed E-state index contributed by atoms with van der Waals surface area (Å²) < 4.78 is 0. The molecule has 0 saturated carbocycles. The lowest BCUT2D eigenvalue weighted by Crippen LogP contribution is -2.33. The van der Waals surface area contributed by atoms with Crippen molar-refractivity contribution < 1.29 is 4.79 Å². The van der Waals surface area contributed by atoms with Crippen molar-refractivity contribution in [2.45, 2.75) is 12.5 Å². The quantitative estimate of drug-likeness (QED) is 0.837. The van der Waals surface area contributed by atoms with E-state index in [1.54, 1.807) is 0 Å². The molecule has 0 bridgehead atoms. The summed E-state index contributed by atoms with van der Waals surface area (Å²) in [4.78, 5) is 16.1. The first-order valence-corrected chi connectivity index (χ1v) is 6.20. The van der Waals surface area contributed by atoms with E-state index < -0.39 is 6.04 Å². The van der Waals surface area contributed by atoms with Gasteiger partial charge in [-0.25, -0.2) is 4.98 Å². The third-order valence-corrected chi connectivity index (χ3v) is 2.99. The van der Waals surface area contributed by atoms with Crippen LogP contribution in [0.4, 0.5) is 5.82 Å². The first kappa shape index (κ1) is 13.5. The zero-order valence-electron chi connectivity index (χ0n) is 10.2. The summed E-state index contributed by atoms with van der Waals surface area (Å²) in [6, 6.07) is 10.4. The number of halogens is 1. The van der Waals surface area contributed by atoms with Crippen LogP contribution < -0.4 is 11.5 Å². The Kier molecular flexibility index (Phi) is 4.14. The van der Waals surface area contributed by atoms with Gasteiger partial charge in [0.15, 0.2) is 5.78 Å². The molecule has 0 fully saturated rings. The SMILES string of the molecule is Nc1ncc(Cl)cc1C(=O)C(N)Cc1ccccc1. The summed E-state index contributed by atoms with van der Waals surface area (Å²) in [5.74, 6) is -0.103. The number of nitrogens with zero attached hydrogens (tertiary/aromatic N) is 1. The first-order chi connectivity index (χ1) is 9.08. The van der Waals surface area contributed by atoms with Gasteiger partial charge in [0, 0.05) is 6.20 Å². The van der Waals surface area contributed by atoms with Gasteiger partial charge in [-0.05, 0) is 18.1 Å². The van der Waals surface area contributed by atoms with E-state index in [0.29, 0.717) is 11.4 Å². The lowest BCUT2D eigenvalue weighted by molar-refractivity contribution is 0.0961. The van der Waals surface area contributed by atoms with Crippen molar-refractivity contribution in [1.29, 1.82) is 0 Å². The fourth-order valence-electron chi connectivity index (χ4n) is 1.81. The van der Waals surface area contributed by atoms with E-state index in [1.165, 1.54) is 12.3 Å². The smallest absolute Gasteiger partial charge is 0.183 e. The van der Waals surface area contributed by atoms with Gasteiger partial charge in [0.1, 0.15) is 5.82 Å². The van der Waals surface area contributed by atoms with Crippen molar-refractivity contribution in [3.05, 3.63) is 58.7 Å². The van der Waals surface area contributed by atoms with Gasteiger partial charge in [-0.3, -0.25) is 4.79 Å². The standard InChI is InChI=1S/C14H14ClN3O/c15-10-7-11(14(17)18-8-10)13(19)12(16)6-9-4-2-1-3-5-9/h1-5,7-8,12H,6,16H2,(H2,17,18). The second-order valence-electron chi connectivity index (χ2n) is 4.25. The largest absolute Gasteiger partial charge is 0.383 e. The van der Waals surface area contributed by atoms with Gasteiger partial charge < -0.3 is 11.5 Å². The number of ketones is 1. The van der Waals surface area contributed by atoms with Crippen LogP contribution in [0.3, 0.4) is 0 Å². The molecule has 1 unspecified atom stereocenters. The van der Waals surface area contributed by atoms with Gasteiger partial charge >= 0.3 is 0 Å². The van der Waals surface area contributed by atoms with Crippen LogP contribution in [0, 0.1) is 0 Å². The molecule has 19 heavy (non-hydrogen) atoms. The normalized spacial score (nSPS) is 12.1. The minimum absolute atomic E-state index is 0.151. The Morgan fingerprint density at radius 2 is 2.00 bits per heavy atom. The summed E-state index contributed by atoms with van der Waals surface area (Å²) in [6.45, 7) is 0. The number of carbonyl (C=O) groups excluding carboxylic acids is 1. The third-order valence-electron chi connectivity index (χ3n) is 2.79. The molecule has 4 N–H and O–H groups in total. The molecule has 0 spiro atoms. The minimum Gasteiger partial charge on any atom is -0.383 e. The molecule has 1 heterocycles. The van der Waals surface area contributed by atoms with E-state index in [9.17, 15) is 4.79 Å². The van der Waals surface area contributed by atoms with E-state index in [4.69, 9.17) is 23.1 Å². The highest BCUT2D eigenvalue weighted by atomic mass is 35.5. The molecule has 0 aliphatic rings. The number of rotatable bonds is 4. The zero-order chi connectivity index (χ0) is 13.8. The molecule has 1 atom stereocenters. The Balaban J connectivity index is 2.17. The van der Waals surface area contributed by atoms with Gasteiger partial charge in [-0.1, -0.05) is 41.9 Å². The maximum absolute atomic E-state index is 12.2. The Morgan fingerprint density at radius 1 is 1.32 bits per heavy atom. The van der Waals surface area contributed by atoms with Crippen molar-refractivity contribution in [1.82, 2.24) is 4.98 Å². The number of anilines is 1. The molecule has 4 nitrogen and oxygen atoms in total. The van der Waals surface area contributed by atoms with Crippen LogP contribution >= 0.6 is 11.6 Å². The van der Waals surface area contributed by atoms with Crippen LogP contribution in [-0.4, -0.2) is 16.8 Å². The van der Waals surface area contributed by atoms with Gasteiger partial charge in [0.05, 0.1) is 16.6 Å². The van der Waals surface area contributed by atoms with E-state index in [-0.39, 0.29) is 17.2 Å². The Bertz CT molecular complexity index is 586. The molecular weight excluding hydrogens is 262 g/mol. The molecule has 0 radical (unpaired) electrons. The number of hydrogen-bond acceptors (Lipinski definition) is 4. The van der Waals surface area contributed by atoms with Gasteiger partial charge in [-0.2, -0.15) is 0 Å². The maximum atomic E-state index is 12.2. The second-order valence-corrected chi connectivity index (χ2v) is 4.68. The number of carbonyl (C=O) groups is 1. The average Bonchev–Trinajstić information content (AvgIpc) is 2.42. The predicted molar refractivity (Wildman–Crippen MR) is 76.1 cm³/mol. The molecule has 5 heteroatoms. The van der Waals surface area contributed by atoms with Gasteiger partial charge in [0.25, 0.3) is 0 Å². The number of benzene rings is 1. The fraction of sp³-hybridized carbons (Fsp3) is 0.143. The molecular formula is C14H14ClN3O. The monoisotopic (exact) mass is 275 g/mol. The van der Waals surface area contributed by atoms with Crippen molar-refractivity contribution in [3.8, 4) is 0 Å². The fourth-order valence-corrected chi connectivity index (χ4v) is 1.97. The average molecular weight is 276 g/mol. The van der Waals surface area contributed by atoms with Crippen LogP contribution in [0.5, 0.6) is 0 Å². The topological polar surface area (TPSA) is 82.0 Å². The van der Waals surface area contributed by atoms with E-state index >= 15 is 0 Å². The van der Waals surface area contributed by atoms with Crippen LogP contribution in [0.1, 0.15) is 15.9 Å². The molecule has 0 aliphatic carbocycles. The molecule has 1 aromatic heterocycles. The second kappa shape index (κ2) is 5.82. The van der Waals surface area contributed by atoms with Crippen molar-refractivity contribution in [2.75, 3.05) is 5.73 Å². The highest BCUT2D eigenvalue weighted by molar-refractivity contribution is 6.31. The lowest BCUT2D eigenvalue weighted by atomic mass is 9.99. The molecule has 2 aromatic rings. The predicted octanol–water partition coefficient (Wildman–Crippen LogP) is 2.07. The molecule has 2 rings (SSSR count). The van der Waals surface area contributed by atoms with Crippen LogP contribution in [0.2, 0.25) is 5.02 Å². The van der Waals surface area contributed by atoms with Crippen LogP contribution in [0.15, 0.2) is 42.6 Å². The van der Waals surface area contributed by atoms with Crippen LogP contribution in [-0.2, 0) is 6.42 Å². The van der Waals surface area contributed by atoms with Crippen molar-refractivity contribution in [2.24, 2.45) is 5.73 Å². The number of pyridine rings is 1. The summed E-state index contributed by atoms with van der Waals surface area (Å²) in [7, 11) is 0. The van der Waals surface area contributed by atoms with E-state index in [1.807, 2.05) is 30.3 Å². The molecule has 0 aliphatic heterocycles. The molecule has 0 amide bonds. The van der Waals surface area contributed by atoms with Gasteiger partial charge in [0.2, 0.25) is 0 Å². The highest BCUT2D eigenvalue weighted by Gasteiger charge is 2.19. The summed E-state index contributed by atoms with van der Waals surface area (Å²) >= 11 is 5.81. The number of nitrogen functional groups attached to an aromatic ring is 1. The van der Waals surface area contributed by atoms with Gasteiger partial charge in [-0.15, -0.1) is 0 Å². The third kappa shape index (κ3) is 3.30. The van der Waals surface area contributed by atoms with Crippen molar-refractivity contribution in [3.63, 3.8) is 0 Å². The number of aromatic nitrogens is 1. The molecule has 0 saturated heterocycles. The Labute approximate surface area is 116 Å². The number of hydrogen-bond donors (Lipinski definition) is 2. The minimum atomic E-state index is -0.662. The summed E-state index contributed by atoms with van der Waals surface area (Å²) in [6.07, 6.45) is 1.85. The Hall–Kier alpha value is -1.91. The van der Waals surface area contributed by atoms with E-state index in [0.717, 1.165) is 5.56 Å². The summed E-state index contributed by atoms with van der Waals surface area (Å²) in [5.41, 5.74) is 12.9. The Morgan fingerprint density at radius 3 is 2.68 bits per heavy atom. The van der Waals surface area contributed by atoms with Crippen LogP contribution in [0.25, 0.3) is 0 Å². The molecule has 1 aromatic carbocycles. The lowest BCUT2D eigenvalue weighted by Gasteiger charge is -2.12. The highest BCUT2D eigenvalue weighted by Crippen LogP contribution is 2.17. The van der Waals surface area contributed by atoms with E-state index in [2.05, 4.69) is 4.98 Å². The number of Topliss-reactive ketones (excluding diaryl/α,β-unsaturated/α-hetero) is 1. The number of nitrogens with two attached hydrogens (primary N) is 2. The zero-order valence-corrected chi connectivity index (χ0v) is 11.0. The van der Waals surface area contributed by atoms with Crippen molar-refractivity contribution >= 4 is 23.2 Å².